The summed E-state index contributed by atoms with van der Waals surface area (Å²) in [4.78, 5) is 0. The standard InChI is InChI=1S/C27H33.C5H5.C3H6.2ClH.Zr/c1-18-13-22(20-9-5-3-6-10-20)15-26-24(18)17-25-19(2)14-23(16-27(25)26)21-11-7-4-8-12-21;1-2-4-5-3-1;1-3-2;;;/h13-17,20-21H,3-12H2,1-2H3;1-3H,4H2;1-2H3;2*1H;/q;;;;;+2/p-2. The Morgan fingerprint density at radius 2 is 1.16 bits per heavy atom. The number of fused-ring (bicyclic) bond motifs is 3. The van der Waals surface area contributed by atoms with Gasteiger partial charge in [-0.25, -0.2) is 0 Å². The maximum absolute atomic E-state index is 2.69. The van der Waals surface area contributed by atoms with Gasteiger partial charge in [0.2, 0.25) is 0 Å². The third-order valence-electron chi connectivity index (χ3n) is 9.78. The van der Waals surface area contributed by atoms with Crippen LogP contribution < -0.4 is 24.8 Å². The quantitative estimate of drug-likeness (QED) is 0.479. The van der Waals surface area contributed by atoms with Crippen molar-refractivity contribution in [2.75, 3.05) is 0 Å². The van der Waals surface area contributed by atoms with Crippen molar-refractivity contribution in [1.29, 1.82) is 0 Å². The van der Waals surface area contributed by atoms with E-state index < -0.39 is 21.3 Å². The molecule has 202 valence electrons. The number of benzene rings is 2. The maximum Gasteiger partial charge on any atom is -1.00 e. The van der Waals surface area contributed by atoms with Gasteiger partial charge in [0.05, 0.1) is 0 Å². The van der Waals surface area contributed by atoms with Gasteiger partial charge in [-0.3, -0.25) is 0 Å². The third-order valence-corrected chi connectivity index (χ3v) is 17.9. The molecule has 4 aliphatic carbocycles. The molecule has 0 atom stereocenters. The zero-order chi connectivity index (χ0) is 24.8. The van der Waals surface area contributed by atoms with Gasteiger partial charge in [-0.2, -0.15) is 0 Å². The van der Waals surface area contributed by atoms with Crippen LogP contribution in [-0.4, -0.2) is 3.21 Å². The van der Waals surface area contributed by atoms with Gasteiger partial charge in [0.25, 0.3) is 0 Å². The predicted molar refractivity (Wildman–Crippen MR) is 153 cm³/mol. The molecule has 2 aromatic rings. The van der Waals surface area contributed by atoms with E-state index in [2.05, 4.69) is 70.2 Å². The first-order chi connectivity index (χ1) is 17.5. The van der Waals surface area contributed by atoms with Crippen molar-refractivity contribution in [2.24, 2.45) is 0 Å². The summed E-state index contributed by atoms with van der Waals surface area (Å²) in [6.45, 7) is 9.83. The summed E-state index contributed by atoms with van der Waals surface area (Å²) in [5.41, 5.74) is 13.1. The molecule has 0 bridgehead atoms. The zero-order valence-electron chi connectivity index (χ0n) is 23.8. The second-order valence-corrected chi connectivity index (χ2v) is 19.9. The number of halogens is 2. The number of hydrogen-bond donors (Lipinski definition) is 0. The summed E-state index contributed by atoms with van der Waals surface area (Å²) < 4.78 is 4.20. The summed E-state index contributed by atoms with van der Waals surface area (Å²) in [5, 5.41) is 0. The number of allylic oxidation sites excluding steroid dienone is 4. The summed E-state index contributed by atoms with van der Waals surface area (Å²) >= 11 is -2.08. The minimum atomic E-state index is -2.08. The molecular formula is C35H44Cl2Zr. The molecule has 2 fully saturated rings. The normalized spacial score (nSPS) is 19.1. The van der Waals surface area contributed by atoms with Gasteiger partial charge < -0.3 is 24.8 Å². The molecule has 0 unspecified atom stereocenters. The van der Waals surface area contributed by atoms with Crippen LogP contribution in [0.3, 0.4) is 0 Å². The Morgan fingerprint density at radius 1 is 0.684 bits per heavy atom. The maximum atomic E-state index is 2.69. The molecular weight excluding hydrogens is 583 g/mol. The Balaban J connectivity index is 0.00000168. The first kappa shape index (κ1) is 30.2. The minimum Gasteiger partial charge on any atom is -1.00 e. The second-order valence-electron chi connectivity index (χ2n) is 12.4. The Morgan fingerprint density at radius 3 is 1.55 bits per heavy atom. The monoisotopic (exact) mass is 624 g/mol. The van der Waals surface area contributed by atoms with Gasteiger partial charge in [-0.05, 0) is 0 Å². The van der Waals surface area contributed by atoms with Gasteiger partial charge in [0, 0.05) is 0 Å². The Hall–Kier alpha value is -0.747. The first-order valence-corrected chi connectivity index (χ1v) is 18.7. The molecule has 0 aliphatic heterocycles. The van der Waals surface area contributed by atoms with E-state index in [4.69, 9.17) is 0 Å². The zero-order valence-corrected chi connectivity index (χ0v) is 27.8. The molecule has 0 radical (unpaired) electrons. The smallest absolute Gasteiger partial charge is 1.00 e. The first-order valence-electron chi connectivity index (χ1n) is 14.9. The van der Waals surface area contributed by atoms with Crippen LogP contribution in [0.4, 0.5) is 0 Å². The van der Waals surface area contributed by atoms with Crippen LogP contribution in [0.15, 0.2) is 45.8 Å². The van der Waals surface area contributed by atoms with Gasteiger partial charge in [0.15, 0.2) is 0 Å². The van der Waals surface area contributed by atoms with Crippen molar-refractivity contribution < 1.29 is 46.1 Å². The van der Waals surface area contributed by atoms with Crippen LogP contribution in [0.1, 0.15) is 133 Å². The molecule has 0 saturated heterocycles. The molecule has 0 heterocycles. The van der Waals surface area contributed by atoms with E-state index in [1.54, 1.807) is 51.0 Å². The van der Waals surface area contributed by atoms with E-state index >= 15 is 0 Å². The number of aryl methyl sites for hydroxylation is 2. The molecule has 0 aromatic heterocycles. The molecule has 6 rings (SSSR count). The van der Waals surface area contributed by atoms with Crippen LogP contribution >= 0.6 is 0 Å². The SMILES string of the molecule is C[C](C)=[Zr+2]([C]1=CC=CC1)[CH]1c2c(C)cc(C3CCCCC3)cc2-c2cc(C3CCCCC3)cc(C)c21.[Cl-].[Cl-]. The molecule has 2 aromatic carbocycles. The van der Waals surface area contributed by atoms with E-state index in [0.717, 1.165) is 11.8 Å². The van der Waals surface area contributed by atoms with E-state index in [1.807, 2.05) is 0 Å². The molecule has 4 aliphatic rings. The van der Waals surface area contributed by atoms with Crippen molar-refractivity contribution in [3.8, 4) is 11.1 Å². The van der Waals surface area contributed by atoms with Crippen molar-refractivity contribution in [2.45, 2.75) is 114 Å². The number of rotatable bonds is 4. The van der Waals surface area contributed by atoms with Gasteiger partial charge in [-0.1, -0.05) is 0 Å². The molecule has 0 N–H and O–H groups in total. The fourth-order valence-electron chi connectivity index (χ4n) is 8.08. The fraction of sp³-hybridized carbons (Fsp3) is 0.514. The summed E-state index contributed by atoms with van der Waals surface area (Å²) in [7, 11) is 0. The van der Waals surface area contributed by atoms with Crippen LogP contribution in [0.5, 0.6) is 0 Å². The average Bonchev–Trinajstić information content (AvgIpc) is 3.53. The van der Waals surface area contributed by atoms with E-state index in [9.17, 15) is 0 Å². The molecule has 38 heavy (non-hydrogen) atoms. The largest absolute Gasteiger partial charge is 1.00 e. The summed E-state index contributed by atoms with van der Waals surface area (Å²) in [6, 6.07) is 10.6. The van der Waals surface area contributed by atoms with Crippen LogP contribution in [-0.2, 0) is 21.3 Å². The van der Waals surface area contributed by atoms with E-state index in [-0.39, 0.29) is 24.8 Å². The van der Waals surface area contributed by atoms with Gasteiger partial charge in [-0.15, -0.1) is 0 Å². The minimum absolute atomic E-state index is 0. The van der Waals surface area contributed by atoms with Crippen molar-refractivity contribution in [3.05, 3.63) is 79.2 Å². The fourth-order valence-corrected chi connectivity index (χ4v) is 16.8. The molecule has 0 amide bonds. The molecule has 2 saturated carbocycles. The topological polar surface area (TPSA) is 0 Å². The Bertz CT molecular complexity index is 1190. The molecule has 0 spiro atoms. The second kappa shape index (κ2) is 12.8. The third kappa shape index (κ3) is 5.56. The van der Waals surface area contributed by atoms with Crippen LogP contribution in [0.25, 0.3) is 11.1 Å². The van der Waals surface area contributed by atoms with E-state index in [0.29, 0.717) is 3.63 Å². The predicted octanol–water partition coefficient (Wildman–Crippen LogP) is 4.15. The summed E-state index contributed by atoms with van der Waals surface area (Å²) in [5.74, 6) is 1.54. The van der Waals surface area contributed by atoms with E-state index in [1.165, 1.54) is 70.6 Å². The molecule has 0 nitrogen and oxygen atoms in total. The van der Waals surface area contributed by atoms with Crippen molar-refractivity contribution >= 4 is 3.21 Å². The average molecular weight is 627 g/mol. The Labute approximate surface area is 251 Å². The van der Waals surface area contributed by atoms with Crippen LogP contribution in [0, 0.1) is 13.8 Å². The van der Waals surface area contributed by atoms with Crippen molar-refractivity contribution in [1.82, 2.24) is 0 Å². The van der Waals surface area contributed by atoms with Crippen molar-refractivity contribution in [3.63, 3.8) is 0 Å². The van der Waals surface area contributed by atoms with Gasteiger partial charge in [0.1, 0.15) is 0 Å². The van der Waals surface area contributed by atoms with Gasteiger partial charge >= 0.3 is 229 Å². The Kier molecular flexibility index (Phi) is 10.2. The summed E-state index contributed by atoms with van der Waals surface area (Å²) in [6.07, 6.45) is 22.5. The molecule has 3 heteroatoms. The van der Waals surface area contributed by atoms with Crippen LogP contribution in [0.2, 0.25) is 0 Å². The number of hydrogen-bond acceptors (Lipinski definition) is 0.